The van der Waals surface area contributed by atoms with E-state index in [0.29, 0.717) is 24.5 Å². The maximum atomic E-state index is 13.5. The molecule has 2 atom stereocenters. The van der Waals surface area contributed by atoms with Crippen molar-refractivity contribution in [2.24, 2.45) is 5.92 Å². The standard InChI is InChI=1S/C24H35F3N4O2/c1-5-9-19(14-17(6-2)12-13-28-3)31-20(15-22(30-31)24(25,26)27)23(32)29-16-18-10-7-8-11-21(18)33-4/h7-8,10-11,15,17,19,28H,5-6,9,12-14,16H2,1-4H3,(H,29,32)/t17?,19-/m1/s1. The van der Waals surface area contributed by atoms with Crippen LogP contribution < -0.4 is 15.4 Å². The summed E-state index contributed by atoms with van der Waals surface area (Å²) in [6.07, 6.45) is -0.729. The number of carbonyl (C=O) groups is 1. The van der Waals surface area contributed by atoms with Gasteiger partial charge in [-0.25, -0.2) is 0 Å². The Labute approximate surface area is 193 Å². The third-order valence-corrected chi connectivity index (χ3v) is 5.84. The van der Waals surface area contributed by atoms with E-state index < -0.39 is 17.8 Å². The molecule has 0 bridgehead atoms. The molecule has 0 spiro atoms. The number of nitrogens with zero attached hydrogens (tertiary/aromatic N) is 2. The van der Waals surface area contributed by atoms with Gasteiger partial charge in [0.1, 0.15) is 11.4 Å². The zero-order valence-corrected chi connectivity index (χ0v) is 19.8. The van der Waals surface area contributed by atoms with Gasteiger partial charge < -0.3 is 15.4 Å². The van der Waals surface area contributed by atoms with Crippen molar-refractivity contribution in [2.75, 3.05) is 20.7 Å². The van der Waals surface area contributed by atoms with E-state index in [9.17, 15) is 18.0 Å². The van der Waals surface area contributed by atoms with Crippen LogP contribution in [0.15, 0.2) is 30.3 Å². The van der Waals surface area contributed by atoms with Gasteiger partial charge in [0.25, 0.3) is 5.91 Å². The molecule has 0 saturated carbocycles. The van der Waals surface area contributed by atoms with Crippen molar-refractivity contribution in [1.82, 2.24) is 20.4 Å². The van der Waals surface area contributed by atoms with Gasteiger partial charge in [0.15, 0.2) is 5.69 Å². The van der Waals surface area contributed by atoms with E-state index in [2.05, 4.69) is 22.7 Å². The fourth-order valence-electron chi connectivity index (χ4n) is 3.99. The van der Waals surface area contributed by atoms with E-state index in [1.54, 1.807) is 12.1 Å². The first kappa shape index (κ1) is 26.7. The highest BCUT2D eigenvalue weighted by Crippen LogP contribution is 2.33. The van der Waals surface area contributed by atoms with Gasteiger partial charge in [-0.05, 0) is 44.8 Å². The fraction of sp³-hybridized carbons (Fsp3) is 0.583. The Morgan fingerprint density at radius 2 is 1.94 bits per heavy atom. The molecule has 184 valence electrons. The van der Waals surface area contributed by atoms with Gasteiger partial charge in [0.05, 0.1) is 13.2 Å². The van der Waals surface area contributed by atoms with E-state index in [-0.39, 0.29) is 18.3 Å². The average molecular weight is 469 g/mol. The van der Waals surface area contributed by atoms with E-state index in [1.165, 1.54) is 11.8 Å². The number of methoxy groups -OCH3 is 1. The Morgan fingerprint density at radius 3 is 2.55 bits per heavy atom. The number of aromatic nitrogens is 2. The molecule has 1 aromatic carbocycles. The number of nitrogens with one attached hydrogen (secondary N) is 2. The number of carbonyl (C=O) groups excluding carboxylic acids is 1. The molecule has 0 aliphatic rings. The molecule has 2 N–H and O–H groups in total. The van der Waals surface area contributed by atoms with Gasteiger partial charge in [-0.15, -0.1) is 0 Å². The quantitative estimate of drug-likeness (QED) is 0.424. The molecule has 0 fully saturated rings. The molecule has 1 aromatic heterocycles. The van der Waals surface area contributed by atoms with Crippen LogP contribution in [0.1, 0.15) is 73.7 Å². The van der Waals surface area contributed by atoms with Crippen molar-refractivity contribution in [3.8, 4) is 5.75 Å². The molecular formula is C24H35F3N4O2. The van der Waals surface area contributed by atoms with Gasteiger partial charge >= 0.3 is 6.18 Å². The highest BCUT2D eigenvalue weighted by atomic mass is 19.4. The Bertz CT molecular complexity index is 883. The number of amides is 1. The Balaban J connectivity index is 2.33. The zero-order valence-electron chi connectivity index (χ0n) is 19.8. The van der Waals surface area contributed by atoms with Gasteiger partial charge in [0, 0.05) is 18.2 Å². The third-order valence-electron chi connectivity index (χ3n) is 5.84. The van der Waals surface area contributed by atoms with Crippen LogP contribution in [0.25, 0.3) is 0 Å². The van der Waals surface area contributed by atoms with Gasteiger partial charge in [0.2, 0.25) is 0 Å². The topological polar surface area (TPSA) is 68.2 Å². The largest absolute Gasteiger partial charge is 0.496 e. The minimum atomic E-state index is -4.63. The molecule has 1 amide bonds. The highest BCUT2D eigenvalue weighted by Gasteiger charge is 2.37. The van der Waals surface area contributed by atoms with Crippen molar-refractivity contribution in [3.05, 3.63) is 47.3 Å². The van der Waals surface area contributed by atoms with Gasteiger partial charge in [-0.1, -0.05) is 44.9 Å². The maximum absolute atomic E-state index is 13.5. The predicted octanol–water partition coefficient (Wildman–Crippen LogP) is 5.21. The molecule has 0 aliphatic heterocycles. The summed E-state index contributed by atoms with van der Waals surface area (Å²) in [7, 11) is 3.41. The summed E-state index contributed by atoms with van der Waals surface area (Å²) in [5, 5.41) is 9.73. The Hall–Kier alpha value is -2.55. The van der Waals surface area contributed by atoms with Crippen LogP contribution in [-0.4, -0.2) is 36.4 Å². The van der Waals surface area contributed by atoms with E-state index in [1.807, 2.05) is 26.1 Å². The Morgan fingerprint density at radius 1 is 1.21 bits per heavy atom. The SMILES string of the molecule is CCC[C@H](CC(CC)CCNC)n1nc(C(F)(F)F)cc1C(=O)NCc1ccccc1OC. The number of benzene rings is 1. The molecule has 33 heavy (non-hydrogen) atoms. The number of rotatable bonds is 13. The second-order valence-electron chi connectivity index (χ2n) is 8.20. The Kier molecular flexibility index (Phi) is 10.2. The maximum Gasteiger partial charge on any atom is 0.435 e. The molecule has 1 heterocycles. The van der Waals surface area contributed by atoms with Gasteiger partial charge in [-0.3, -0.25) is 9.48 Å². The lowest BCUT2D eigenvalue weighted by Crippen LogP contribution is -2.28. The number of para-hydroxylation sites is 1. The lowest BCUT2D eigenvalue weighted by Gasteiger charge is -2.24. The van der Waals surface area contributed by atoms with E-state index in [0.717, 1.165) is 37.4 Å². The first-order chi connectivity index (χ1) is 15.7. The minimum Gasteiger partial charge on any atom is -0.496 e. The van der Waals surface area contributed by atoms with Crippen LogP contribution in [0.2, 0.25) is 0 Å². The predicted molar refractivity (Wildman–Crippen MR) is 122 cm³/mol. The van der Waals surface area contributed by atoms with Crippen LogP contribution in [0.4, 0.5) is 13.2 Å². The summed E-state index contributed by atoms with van der Waals surface area (Å²) in [5.74, 6) is 0.326. The number of halogens is 3. The van der Waals surface area contributed by atoms with Gasteiger partial charge in [-0.2, -0.15) is 18.3 Å². The molecule has 0 saturated heterocycles. The molecule has 9 heteroatoms. The molecular weight excluding hydrogens is 433 g/mol. The second kappa shape index (κ2) is 12.6. The second-order valence-corrected chi connectivity index (χ2v) is 8.20. The summed E-state index contributed by atoms with van der Waals surface area (Å²) in [6, 6.07) is 7.74. The molecule has 0 aliphatic carbocycles. The molecule has 0 radical (unpaired) electrons. The summed E-state index contributed by atoms with van der Waals surface area (Å²) in [4.78, 5) is 13.0. The summed E-state index contributed by atoms with van der Waals surface area (Å²) in [5.41, 5.74) is -0.382. The van der Waals surface area contributed by atoms with Crippen molar-refractivity contribution in [3.63, 3.8) is 0 Å². The minimum absolute atomic E-state index is 0.0702. The summed E-state index contributed by atoms with van der Waals surface area (Å²) < 4.78 is 47.1. The van der Waals surface area contributed by atoms with Crippen LogP contribution in [-0.2, 0) is 12.7 Å². The van der Waals surface area contributed by atoms with Crippen molar-refractivity contribution in [1.29, 1.82) is 0 Å². The summed E-state index contributed by atoms with van der Waals surface area (Å²) in [6.45, 7) is 5.02. The lowest BCUT2D eigenvalue weighted by atomic mass is 9.92. The van der Waals surface area contributed by atoms with Crippen molar-refractivity contribution >= 4 is 5.91 Å². The molecule has 2 aromatic rings. The first-order valence-corrected chi connectivity index (χ1v) is 11.5. The number of hydrogen-bond donors (Lipinski definition) is 2. The molecule has 1 unspecified atom stereocenters. The molecule has 6 nitrogen and oxygen atoms in total. The average Bonchev–Trinajstić information content (AvgIpc) is 3.26. The number of alkyl halides is 3. The van der Waals surface area contributed by atoms with Crippen LogP contribution in [0.5, 0.6) is 5.75 Å². The van der Waals surface area contributed by atoms with E-state index in [4.69, 9.17) is 4.74 Å². The zero-order chi connectivity index (χ0) is 24.4. The number of ether oxygens (including phenoxy) is 1. The number of hydrogen-bond acceptors (Lipinski definition) is 4. The van der Waals surface area contributed by atoms with Crippen LogP contribution >= 0.6 is 0 Å². The summed E-state index contributed by atoms with van der Waals surface area (Å²) >= 11 is 0. The van der Waals surface area contributed by atoms with Crippen molar-refractivity contribution < 1.29 is 22.7 Å². The van der Waals surface area contributed by atoms with Crippen molar-refractivity contribution in [2.45, 2.75) is 64.7 Å². The smallest absolute Gasteiger partial charge is 0.435 e. The monoisotopic (exact) mass is 468 g/mol. The highest BCUT2D eigenvalue weighted by molar-refractivity contribution is 5.92. The molecule has 2 rings (SSSR count). The fourth-order valence-corrected chi connectivity index (χ4v) is 3.99. The van der Waals surface area contributed by atoms with Crippen LogP contribution in [0, 0.1) is 5.92 Å². The van der Waals surface area contributed by atoms with E-state index >= 15 is 0 Å². The lowest BCUT2D eigenvalue weighted by molar-refractivity contribution is -0.141. The first-order valence-electron chi connectivity index (χ1n) is 11.5. The van der Waals surface area contributed by atoms with Crippen LogP contribution in [0.3, 0.4) is 0 Å². The third kappa shape index (κ3) is 7.48. The normalized spacial score (nSPS) is 13.5.